The number of hydrogen-bond acceptors (Lipinski definition) is 6. The van der Waals surface area contributed by atoms with Crippen LogP contribution in [0.1, 0.15) is 181 Å². The first-order valence-electron chi connectivity index (χ1n) is 23.6. The predicted molar refractivity (Wildman–Crippen MR) is 256 cm³/mol. The molecule has 0 heterocycles. The Bertz CT molecular complexity index is 1320. The third kappa shape index (κ3) is 44.9. The number of carbonyl (C=O) groups is 3. The number of allylic oxidation sites excluding steroid dienone is 20. The van der Waals surface area contributed by atoms with E-state index in [0.29, 0.717) is 12.8 Å². The highest BCUT2D eigenvalue weighted by molar-refractivity contribution is 5.71. The summed E-state index contributed by atoms with van der Waals surface area (Å²) in [5, 5.41) is 0. The van der Waals surface area contributed by atoms with Crippen LogP contribution in [0.5, 0.6) is 0 Å². The molecule has 0 aromatic rings. The van der Waals surface area contributed by atoms with Crippen LogP contribution >= 0.6 is 0 Å². The van der Waals surface area contributed by atoms with Crippen molar-refractivity contribution in [1.29, 1.82) is 0 Å². The van der Waals surface area contributed by atoms with Gasteiger partial charge in [-0.15, -0.1) is 0 Å². The van der Waals surface area contributed by atoms with Gasteiger partial charge in [0.05, 0.1) is 0 Å². The molecule has 336 valence electrons. The number of rotatable bonds is 40. The van der Waals surface area contributed by atoms with Gasteiger partial charge in [0, 0.05) is 19.3 Å². The molecule has 6 nitrogen and oxygen atoms in total. The number of esters is 3. The summed E-state index contributed by atoms with van der Waals surface area (Å²) in [6.07, 6.45) is 64.7. The molecular formula is C54H84O6. The van der Waals surface area contributed by atoms with Crippen LogP contribution in [0.4, 0.5) is 0 Å². The maximum atomic E-state index is 12.7. The Hall–Kier alpha value is -4.19. The van der Waals surface area contributed by atoms with Gasteiger partial charge in [0.1, 0.15) is 13.2 Å². The molecule has 0 radical (unpaired) electrons. The number of unbranched alkanes of at least 4 members (excludes halogenated alkanes) is 14. The summed E-state index contributed by atoms with van der Waals surface area (Å²) in [6, 6.07) is 0. The summed E-state index contributed by atoms with van der Waals surface area (Å²) in [5.74, 6) is -1.05. The van der Waals surface area contributed by atoms with Gasteiger partial charge in [0.15, 0.2) is 6.10 Å². The Kier molecular flexibility index (Phi) is 44.2. The third-order valence-corrected chi connectivity index (χ3v) is 9.34. The summed E-state index contributed by atoms with van der Waals surface area (Å²) in [5.41, 5.74) is 0. The second-order valence-corrected chi connectivity index (χ2v) is 15.0. The smallest absolute Gasteiger partial charge is 0.306 e. The van der Waals surface area contributed by atoms with Gasteiger partial charge in [-0.2, -0.15) is 0 Å². The van der Waals surface area contributed by atoms with Crippen LogP contribution in [0.2, 0.25) is 0 Å². The van der Waals surface area contributed by atoms with E-state index in [4.69, 9.17) is 14.2 Å². The molecule has 0 N–H and O–H groups in total. The van der Waals surface area contributed by atoms with Crippen molar-refractivity contribution in [3.05, 3.63) is 122 Å². The summed E-state index contributed by atoms with van der Waals surface area (Å²) < 4.78 is 16.6. The van der Waals surface area contributed by atoms with Crippen molar-refractivity contribution in [2.75, 3.05) is 13.2 Å². The van der Waals surface area contributed by atoms with Gasteiger partial charge in [-0.3, -0.25) is 14.4 Å². The highest BCUT2D eigenvalue weighted by Crippen LogP contribution is 2.12. The molecule has 6 heteroatoms. The van der Waals surface area contributed by atoms with Crippen molar-refractivity contribution in [2.45, 2.75) is 187 Å². The molecule has 0 aliphatic rings. The molecule has 0 fully saturated rings. The Balaban J connectivity index is 4.57. The molecule has 0 amide bonds. The van der Waals surface area contributed by atoms with Crippen LogP contribution in [0.15, 0.2) is 122 Å². The summed E-state index contributed by atoms with van der Waals surface area (Å²) in [7, 11) is 0. The van der Waals surface area contributed by atoms with Gasteiger partial charge in [0.2, 0.25) is 0 Å². The van der Waals surface area contributed by atoms with Gasteiger partial charge in [-0.1, -0.05) is 194 Å². The highest BCUT2D eigenvalue weighted by Gasteiger charge is 2.19. The molecule has 0 aliphatic heterocycles. The molecule has 0 saturated heterocycles. The number of ether oxygens (including phenoxy) is 3. The van der Waals surface area contributed by atoms with Gasteiger partial charge in [-0.25, -0.2) is 0 Å². The summed E-state index contributed by atoms with van der Waals surface area (Å²) >= 11 is 0. The molecule has 0 bridgehead atoms. The van der Waals surface area contributed by atoms with Gasteiger partial charge >= 0.3 is 17.9 Å². The maximum absolute atomic E-state index is 12.7. The average molecular weight is 829 g/mol. The Morgan fingerprint density at radius 2 is 0.750 bits per heavy atom. The summed E-state index contributed by atoms with van der Waals surface area (Å²) in [6.45, 7) is 6.24. The molecule has 0 saturated carbocycles. The number of hydrogen-bond donors (Lipinski definition) is 0. The predicted octanol–water partition coefficient (Wildman–Crippen LogP) is 15.4. The number of carbonyl (C=O) groups excluding carboxylic acids is 3. The highest BCUT2D eigenvalue weighted by atomic mass is 16.6. The summed E-state index contributed by atoms with van der Waals surface area (Å²) in [4.78, 5) is 37.8. The van der Waals surface area contributed by atoms with E-state index in [1.165, 1.54) is 44.9 Å². The SMILES string of the molecule is CC\C=C/C=C\C=C/C=C\C=C\C=C/CCCCCC(=O)OCC(COC(=O)CCC/C=C\C/C=C\C/C=C\CC)OC(=O)CCCCC/C=C\CCCCCCCCC. The van der Waals surface area contributed by atoms with Crippen molar-refractivity contribution in [3.63, 3.8) is 0 Å². The van der Waals surface area contributed by atoms with Gasteiger partial charge in [0.25, 0.3) is 0 Å². The first-order valence-corrected chi connectivity index (χ1v) is 23.6. The first kappa shape index (κ1) is 55.8. The molecule has 60 heavy (non-hydrogen) atoms. The largest absolute Gasteiger partial charge is 0.462 e. The lowest BCUT2D eigenvalue weighted by Crippen LogP contribution is -2.30. The normalized spacial score (nSPS) is 13.2. The van der Waals surface area contributed by atoms with Gasteiger partial charge in [-0.05, 0) is 89.9 Å². The van der Waals surface area contributed by atoms with E-state index in [2.05, 4.69) is 81.5 Å². The van der Waals surface area contributed by atoms with Crippen LogP contribution in [0.3, 0.4) is 0 Å². The Morgan fingerprint density at radius 3 is 1.30 bits per heavy atom. The fourth-order valence-corrected chi connectivity index (χ4v) is 5.84. The maximum Gasteiger partial charge on any atom is 0.306 e. The van der Waals surface area contributed by atoms with Crippen LogP contribution < -0.4 is 0 Å². The monoisotopic (exact) mass is 829 g/mol. The minimum atomic E-state index is -0.826. The van der Waals surface area contributed by atoms with E-state index in [0.717, 1.165) is 89.9 Å². The van der Waals surface area contributed by atoms with E-state index in [1.54, 1.807) is 0 Å². The van der Waals surface area contributed by atoms with Crippen LogP contribution in [0, 0.1) is 0 Å². The minimum Gasteiger partial charge on any atom is -0.462 e. The average Bonchev–Trinajstić information content (AvgIpc) is 3.24. The molecule has 1 unspecified atom stereocenters. The van der Waals surface area contributed by atoms with E-state index < -0.39 is 6.10 Å². The van der Waals surface area contributed by atoms with E-state index in [-0.39, 0.29) is 44.0 Å². The molecule has 0 aromatic carbocycles. The second kappa shape index (κ2) is 47.5. The van der Waals surface area contributed by atoms with E-state index >= 15 is 0 Å². The van der Waals surface area contributed by atoms with Crippen molar-refractivity contribution in [2.24, 2.45) is 0 Å². The van der Waals surface area contributed by atoms with E-state index in [1.807, 2.05) is 60.8 Å². The first-order chi connectivity index (χ1) is 29.5. The zero-order valence-corrected chi connectivity index (χ0v) is 38.2. The minimum absolute atomic E-state index is 0.127. The Labute approximate surface area is 367 Å². The molecular weight excluding hydrogens is 745 g/mol. The zero-order chi connectivity index (χ0) is 43.7. The van der Waals surface area contributed by atoms with Crippen LogP contribution in [-0.2, 0) is 28.6 Å². The molecule has 0 aromatic heterocycles. The molecule has 0 rings (SSSR count). The lowest BCUT2D eigenvalue weighted by molar-refractivity contribution is -0.167. The third-order valence-electron chi connectivity index (χ3n) is 9.34. The topological polar surface area (TPSA) is 78.9 Å². The molecule has 0 aliphatic carbocycles. The van der Waals surface area contributed by atoms with Crippen LogP contribution in [0.25, 0.3) is 0 Å². The van der Waals surface area contributed by atoms with Crippen molar-refractivity contribution in [3.8, 4) is 0 Å². The van der Waals surface area contributed by atoms with Crippen LogP contribution in [-0.4, -0.2) is 37.2 Å². The lowest BCUT2D eigenvalue weighted by Gasteiger charge is -2.18. The molecule has 0 spiro atoms. The van der Waals surface area contributed by atoms with Gasteiger partial charge < -0.3 is 14.2 Å². The fourth-order valence-electron chi connectivity index (χ4n) is 5.84. The van der Waals surface area contributed by atoms with Crippen molar-refractivity contribution < 1.29 is 28.6 Å². The molecule has 1 atom stereocenters. The second-order valence-electron chi connectivity index (χ2n) is 15.0. The standard InChI is InChI=1S/C54H84O6/c1-4-7-10-13-16-19-22-24-26-27-28-30-32-35-38-41-44-47-53(56)59-50-51(49-58-52(55)46-43-40-37-34-31-21-18-15-12-9-6-3)60-54(57)48-45-42-39-36-33-29-25-23-20-17-14-11-8-5-2/h7,9-10,12-13,16,18-19,21-22,24,26-30,32-34,37,51H,4-6,8,11,14-15,17,20,23,25,31,35-36,38-50H2,1-3H3/b10-7-,12-9-,16-13-,21-18-,22-19-,26-24-,28-27+,32-30-,33-29-,37-34-. The van der Waals surface area contributed by atoms with E-state index in [9.17, 15) is 14.4 Å². The Morgan fingerprint density at radius 1 is 0.367 bits per heavy atom. The fraction of sp³-hybridized carbons (Fsp3) is 0.574. The lowest BCUT2D eigenvalue weighted by atomic mass is 10.1. The van der Waals surface area contributed by atoms with Crippen molar-refractivity contribution in [1.82, 2.24) is 0 Å². The zero-order valence-electron chi connectivity index (χ0n) is 38.2. The quantitative estimate of drug-likeness (QED) is 0.0201. The van der Waals surface area contributed by atoms with Crippen molar-refractivity contribution >= 4 is 17.9 Å².